The molecule has 9 heavy (non-hydrogen) atoms. The number of carbonyl (C=O) groups excluding carboxylic acids is 1. The Labute approximate surface area is 53.6 Å². The lowest BCUT2D eigenvalue weighted by molar-refractivity contribution is -0.0277. The number of carbonyl (C=O) groups is 1. The molecule has 4 nitrogen and oxygen atoms in total. The Morgan fingerprint density at radius 2 is 2.33 bits per heavy atom. The van der Waals surface area contributed by atoms with Gasteiger partial charge in [-0.3, -0.25) is 5.21 Å². The van der Waals surface area contributed by atoms with Gasteiger partial charge in [0, 0.05) is 7.05 Å². The van der Waals surface area contributed by atoms with Crippen LogP contribution in [0, 0.1) is 0 Å². The molecule has 1 heterocycles. The van der Waals surface area contributed by atoms with Gasteiger partial charge in [-0.05, 0) is 6.92 Å². The van der Waals surface area contributed by atoms with Crippen molar-refractivity contribution in [3.63, 3.8) is 0 Å². The van der Waals surface area contributed by atoms with Gasteiger partial charge in [0.05, 0.1) is 12.6 Å². The molecule has 1 rings (SSSR count). The molecule has 2 amide bonds. The van der Waals surface area contributed by atoms with Gasteiger partial charge in [0.2, 0.25) is 0 Å². The number of likely N-dealkylation sites (N-methyl/N-ethyl adjacent to an activating group) is 1. The van der Waals surface area contributed by atoms with E-state index in [-0.39, 0.29) is 12.1 Å². The quantitative estimate of drug-likeness (QED) is 0.474. The highest BCUT2D eigenvalue weighted by Crippen LogP contribution is 2.09. The number of hydrogen-bond acceptors (Lipinski definition) is 2. The van der Waals surface area contributed by atoms with Gasteiger partial charge >= 0.3 is 6.03 Å². The van der Waals surface area contributed by atoms with Crippen molar-refractivity contribution in [1.29, 1.82) is 0 Å². The first-order chi connectivity index (χ1) is 4.13. The molecule has 0 aromatic rings. The maximum atomic E-state index is 10.7. The molecule has 1 N–H and O–H groups in total. The van der Waals surface area contributed by atoms with Crippen molar-refractivity contribution < 1.29 is 10.0 Å². The van der Waals surface area contributed by atoms with Gasteiger partial charge in [0.1, 0.15) is 0 Å². The standard InChI is InChI=1S/C5H10N2O2/c1-4-3-7(9)5(8)6(4)2/h4,9H,3H2,1-2H3. The maximum Gasteiger partial charge on any atom is 0.343 e. The van der Waals surface area contributed by atoms with Crippen LogP contribution in [0.3, 0.4) is 0 Å². The van der Waals surface area contributed by atoms with Crippen LogP contribution in [0.5, 0.6) is 0 Å². The van der Waals surface area contributed by atoms with Crippen molar-refractivity contribution in [3.05, 3.63) is 0 Å². The Hall–Kier alpha value is -0.770. The lowest BCUT2D eigenvalue weighted by Crippen LogP contribution is -2.28. The van der Waals surface area contributed by atoms with Crippen LogP contribution in [0.15, 0.2) is 0 Å². The topological polar surface area (TPSA) is 43.8 Å². The number of hydroxylamine groups is 2. The van der Waals surface area contributed by atoms with Crippen molar-refractivity contribution >= 4 is 6.03 Å². The molecule has 1 unspecified atom stereocenters. The lowest BCUT2D eigenvalue weighted by atomic mass is 10.3. The smallest absolute Gasteiger partial charge is 0.321 e. The first-order valence-electron chi connectivity index (χ1n) is 2.86. The molecule has 0 aliphatic carbocycles. The van der Waals surface area contributed by atoms with Crippen LogP contribution >= 0.6 is 0 Å². The molecular formula is C5H10N2O2. The highest BCUT2D eigenvalue weighted by molar-refractivity contribution is 5.75. The summed E-state index contributed by atoms with van der Waals surface area (Å²) in [5.41, 5.74) is 0. The molecule has 0 spiro atoms. The average molecular weight is 130 g/mol. The SMILES string of the molecule is CC1CN(O)C(=O)N1C. The second kappa shape index (κ2) is 1.88. The van der Waals surface area contributed by atoms with Crippen molar-refractivity contribution in [2.24, 2.45) is 0 Å². The molecule has 0 saturated carbocycles. The fraction of sp³-hybridized carbons (Fsp3) is 0.800. The van der Waals surface area contributed by atoms with Gasteiger partial charge < -0.3 is 4.90 Å². The number of amides is 2. The Morgan fingerprint density at radius 3 is 2.44 bits per heavy atom. The van der Waals surface area contributed by atoms with Crippen LogP contribution in [0.1, 0.15) is 6.92 Å². The van der Waals surface area contributed by atoms with E-state index < -0.39 is 0 Å². The monoisotopic (exact) mass is 130 g/mol. The Kier molecular flexibility index (Phi) is 1.32. The van der Waals surface area contributed by atoms with E-state index in [1.54, 1.807) is 7.05 Å². The van der Waals surface area contributed by atoms with Crippen molar-refractivity contribution in [2.45, 2.75) is 13.0 Å². The van der Waals surface area contributed by atoms with Gasteiger partial charge in [-0.1, -0.05) is 0 Å². The van der Waals surface area contributed by atoms with E-state index in [1.165, 1.54) is 4.90 Å². The molecule has 1 aliphatic rings. The predicted molar refractivity (Wildman–Crippen MR) is 31.1 cm³/mol. The van der Waals surface area contributed by atoms with E-state index in [2.05, 4.69) is 0 Å². The molecule has 1 aliphatic heterocycles. The van der Waals surface area contributed by atoms with Gasteiger partial charge in [0.25, 0.3) is 0 Å². The Balaban J connectivity index is 2.65. The van der Waals surface area contributed by atoms with Crippen LogP contribution in [0.4, 0.5) is 4.79 Å². The second-order valence-electron chi connectivity index (χ2n) is 2.32. The average Bonchev–Trinajstić information content (AvgIpc) is 1.98. The number of rotatable bonds is 0. The van der Waals surface area contributed by atoms with Gasteiger partial charge in [-0.15, -0.1) is 0 Å². The minimum atomic E-state index is -0.317. The van der Waals surface area contributed by atoms with E-state index in [0.717, 1.165) is 5.06 Å². The van der Waals surface area contributed by atoms with Gasteiger partial charge in [0.15, 0.2) is 0 Å². The van der Waals surface area contributed by atoms with Gasteiger partial charge in [-0.25, -0.2) is 9.86 Å². The maximum absolute atomic E-state index is 10.7. The number of urea groups is 1. The third-order valence-corrected chi connectivity index (χ3v) is 1.62. The third-order valence-electron chi connectivity index (χ3n) is 1.62. The molecule has 1 saturated heterocycles. The first-order valence-corrected chi connectivity index (χ1v) is 2.86. The molecule has 4 heteroatoms. The number of hydrogen-bond donors (Lipinski definition) is 1. The molecule has 0 bridgehead atoms. The van der Waals surface area contributed by atoms with Crippen LogP contribution in [-0.4, -0.2) is 40.8 Å². The van der Waals surface area contributed by atoms with Crippen LogP contribution in [0.2, 0.25) is 0 Å². The minimum Gasteiger partial charge on any atom is -0.321 e. The van der Waals surface area contributed by atoms with E-state index in [0.29, 0.717) is 6.54 Å². The van der Waals surface area contributed by atoms with Crippen molar-refractivity contribution in [2.75, 3.05) is 13.6 Å². The summed E-state index contributed by atoms with van der Waals surface area (Å²) >= 11 is 0. The normalized spacial score (nSPS) is 27.9. The summed E-state index contributed by atoms with van der Waals surface area (Å²) in [5, 5.41) is 9.51. The van der Waals surface area contributed by atoms with E-state index in [9.17, 15) is 4.79 Å². The zero-order chi connectivity index (χ0) is 7.02. The fourth-order valence-corrected chi connectivity index (χ4v) is 0.821. The van der Waals surface area contributed by atoms with Crippen molar-refractivity contribution in [1.82, 2.24) is 9.96 Å². The largest absolute Gasteiger partial charge is 0.343 e. The van der Waals surface area contributed by atoms with E-state index in [1.807, 2.05) is 6.92 Å². The Morgan fingerprint density at radius 1 is 1.78 bits per heavy atom. The summed E-state index contributed by atoms with van der Waals surface area (Å²) in [6.45, 7) is 2.30. The summed E-state index contributed by atoms with van der Waals surface area (Å²) in [6, 6.07) is -0.190. The summed E-state index contributed by atoms with van der Waals surface area (Å²) in [7, 11) is 1.67. The lowest BCUT2D eigenvalue weighted by Gasteiger charge is -2.10. The number of nitrogens with zero attached hydrogens (tertiary/aromatic N) is 2. The second-order valence-corrected chi connectivity index (χ2v) is 2.32. The highest BCUT2D eigenvalue weighted by Gasteiger charge is 2.30. The molecule has 1 atom stereocenters. The summed E-state index contributed by atoms with van der Waals surface area (Å²) in [5.74, 6) is 0. The summed E-state index contributed by atoms with van der Waals surface area (Å²) in [4.78, 5) is 12.2. The minimum absolute atomic E-state index is 0.127. The summed E-state index contributed by atoms with van der Waals surface area (Å²) in [6.07, 6.45) is 0. The van der Waals surface area contributed by atoms with Crippen LogP contribution < -0.4 is 0 Å². The molecule has 1 fully saturated rings. The summed E-state index contributed by atoms with van der Waals surface area (Å²) < 4.78 is 0. The predicted octanol–water partition coefficient (Wildman–Crippen LogP) is 0.132. The molecular weight excluding hydrogens is 120 g/mol. The van der Waals surface area contributed by atoms with Crippen LogP contribution in [0.25, 0.3) is 0 Å². The molecule has 52 valence electrons. The first kappa shape index (κ1) is 6.35. The van der Waals surface area contributed by atoms with Gasteiger partial charge in [-0.2, -0.15) is 0 Å². The molecule has 0 aromatic carbocycles. The zero-order valence-corrected chi connectivity index (χ0v) is 5.53. The van der Waals surface area contributed by atoms with Crippen LogP contribution in [-0.2, 0) is 0 Å². The van der Waals surface area contributed by atoms with E-state index >= 15 is 0 Å². The Bertz CT molecular complexity index is 137. The molecule has 0 aromatic heterocycles. The zero-order valence-electron chi connectivity index (χ0n) is 5.53. The third kappa shape index (κ3) is 0.853. The van der Waals surface area contributed by atoms with Crippen molar-refractivity contribution in [3.8, 4) is 0 Å². The highest BCUT2D eigenvalue weighted by atomic mass is 16.5. The van der Waals surface area contributed by atoms with E-state index in [4.69, 9.17) is 5.21 Å². The fourth-order valence-electron chi connectivity index (χ4n) is 0.821. The molecule has 0 radical (unpaired) electrons.